The summed E-state index contributed by atoms with van der Waals surface area (Å²) in [6, 6.07) is 7.08. The number of rotatable bonds is 2. The van der Waals surface area contributed by atoms with Gasteiger partial charge in [-0.2, -0.15) is 0 Å². The lowest BCUT2D eigenvalue weighted by Crippen LogP contribution is -2.22. The van der Waals surface area contributed by atoms with Gasteiger partial charge in [-0.05, 0) is 37.6 Å². The Morgan fingerprint density at radius 2 is 1.89 bits per heavy atom. The SMILES string of the molecule is CC1CC(C)SC(Nc2ccc(S(C)(=O)=O)cc2)=N1. The molecule has 0 aliphatic carbocycles. The zero-order valence-corrected chi connectivity index (χ0v) is 12.9. The van der Waals surface area contributed by atoms with Crippen molar-refractivity contribution in [1.29, 1.82) is 0 Å². The van der Waals surface area contributed by atoms with Crippen LogP contribution in [0, 0.1) is 0 Å². The van der Waals surface area contributed by atoms with Crippen molar-refractivity contribution in [1.82, 2.24) is 0 Å². The third-order valence-electron chi connectivity index (χ3n) is 2.86. The number of anilines is 1. The van der Waals surface area contributed by atoms with E-state index in [0.29, 0.717) is 16.2 Å². The highest BCUT2D eigenvalue weighted by molar-refractivity contribution is 8.14. The van der Waals surface area contributed by atoms with Crippen LogP contribution in [0.1, 0.15) is 20.3 Å². The molecule has 4 nitrogen and oxygen atoms in total. The maximum Gasteiger partial charge on any atom is 0.175 e. The molecule has 0 radical (unpaired) electrons. The largest absolute Gasteiger partial charge is 0.335 e. The normalized spacial score (nSPS) is 23.8. The Balaban J connectivity index is 2.12. The molecule has 0 aromatic heterocycles. The Hall–Kier alpha value is -1.01. The van der Waals surface area contributed by atoms with Gasteiger partial charge in [-0.1, -0.05) is 18.7 Å². The summed E-state index contributed by atoms with van der Waals surface area (Å²) in [5.74, 6) is 0. The van der Waals surface area contributed by atoms with Gasteiger partial charge in [0.25, 0.3) is 0 Å². The first-order valence-corrected chi connectivity index (χ1v) is 8.93. The van der Waals surface area contributed by atoms with Crippen LogP contribution in [0.3, 0.4) is 0 Å². The van der Waals surface area contributed by atoms with E-state index in [2.05, 4.69) is 24.2 Å². The van der Waals surface area contributed by atoms with Crippen molar-refractivity contribution in [2.45, 2.75) is 36.5 Å². The minimum absolute atomic E-state index is 0.328. The quantitative estimate of drug-likeness (QED) is 0.912. The van der Waals surface area contributed by atoms with Gasteiger partial charge in [-0.3, -0.25) is 4.99 Å². The molecule has 0 spiro atoms. The van der Waals surface area contributed by atoms with Gasteiger partial charge in [-0.15, -0.1) is 0 Å². The van der Waals surface area contributed by atoms with Gasteiger partial charge in [-0.25, -0.2) is 8.42 Å². The van der Waals surface area contributed by atoms with Crippen molar-refractivity contribution < 1.29 is 8.42 Å². The molecule has 0 fully saturated rings. The van der Waals surface area contributed by atoms with Crippen LogP contribution in [0.25, 0.3) is 0 Å². The molecule has 19 heavy (non-hydrogen) atoms. The lowest BCUT2D eigenvalue weighted by Gasteiger charge is -2.23. The van der Waals surface area contributed by atoms with E-state index >= 15 is 0 Å². The van der Waals surface area contributed by atoms with Gasteiger partial charge in [0.05, 0.1) is 10.9 Å². The van der Waals surface area contributed by atoms with Gasteiger partial charge < -0.3 is 5.32 Å². The number of nitrogens with zero attached hydrogens (tertiary/aromatic N) is 1. The van der Waals surface area contributed by atoms with Crippen LogP contribution in [0.5, 0.6) is 0 Å². The van der Waals surface area contributed by atoms with Crippen LogP contribution in [0.15, 0.2) is 34.2 Å². The standard InChI is InChI=1S/C13H18N2O2S2/c1-9-8-10(2)18-13(14-9)15-11-4-6-12(7-5-11)19(3,16)17/h4-7,9-10H,8H2,1-3H3,(H,14,15). The monoisotopic (exact) mass is 298 g/mol. The fraction of sp³-hybridized carbons (Fsp3) is 0.462. The molecule has 6 heteroatoms. The van der Waals surface area contributed by atoms with E-state index in [0.717, 1.165) is 17.3 Å². The van der Waals surface area contributed by atoms with Gasteiger partial charge in [0.15, 0.2) is 15.0 Å². The van der Waals surface area contributed by atoms with E-state index in [-0.39, 0.29) is 0 Å². The van der Waals surface area contributed by atoms with Gasteiger partial charge in [0.1, 0.15) is 0 Å². The summed E-state index contributed by atoms with van der Waals surface area (Å²) in [6.45, 7) is 4.29. The van der Waals surface area contributed by atoms with E-state index in [1.807, 2.05) is 0 Å². The first kappa shape index (κ1) is 14.4. The topological polar surface area (TPSA) is 58.5 Å². The highest BCUT2D eigenvalue weighted by Crippen LogP contribution is 2.26. The minimum Gasteiger partial charge on any atom is -0.335 e. The fourth-order valence-electron chi connectivity index (χ4n) is 1.97. The van der Waals surface area contributed by atoms with Crippen LogP contribution in [0.4, 0.5) is 5.69 Å². The molecule has 0 bridgehead atoms. The van der Waals surface area contributed by atoms with Crippen molar-refractivity contribution in [3.05, 3.63) is 24.3 Å². The maximum absolute atomic E-state index is 11.4. The van der Waals surface area contributed by atoms with Crippen LogP contribution < -0.4 is 5.32 Å². The molecule has 0 amide bonds. The number of thioether (sulfide) groups is 1. The highest BCUT2D eigenvalue weighted by Gasteiger charge is 2.18. The molecule has 2 unspecified atom stereocenters. The summed E-state index contributed by atoms with van der Waals surface area (Å²) in [7, 11) is -3.13. The van der Waals surface area contributed by atoms with Crippen molar-refractivity contribution in [3.63, 3.8) is 0 Å². The molecular formula is C13H18N2O2S2. The van der Waals surface area contributed by atoms with Gasteiger partial charge >= 0.3 is 0 Å². The Bertz CT molecular complexity index is 579. The van der Waals surface area contributed by atoms with Crippen molar-refractivity contribution in [2.24, 2.45) is 4.99 Å². The molecule has 2 rings (SSSR count). The zero-order valence-electron chi connectivity index (χ0n) is 11.3. The summed E-state index contributed by atoms with van der Waals surface area (Å²) < 4.78 is 22.7. The molecule has 2 atom stereocenters. The second-order valence-corrected chi connectivity index (χ2v) is 8.31. The average Bonchev–Trinajstić information content (AvgIpc) is 2.26. The van der Waals surface area contributed by atoms with Crippen molar-refractivity contribution in [3.8, 4) is 0 Å². The molecule has 0 saturated carbocycles. The number of nitrogens with one attached hydrogen (secondary N) is 1. The Morgan fingerprint density at radius 1 is 1.26 bits per heavy atom. The van der Waals surface area contributed by atoms with Crippen LogP contribution in [0.2, 0.25) is 0 Å². The zero-order chi connectivity index (χ0) is 14.0. The number of sulfone groups is 1. The second kappa shape index (κ2) is 5.54. The van der Waals surface area contributed by atoms with Crippen molar-refractivity contribution >= 4 is 32.5 Å². The van der Waals surface area contributed by atoms with E-state index in [1.54, 1.807) is 36.0 Å². The summed E-state index contributed by atoms with van der Waals surface area (Å²) in [5, 5.41) is 4.69. The molecule has 104 valence electrons. The Kier molecular flexibility index (Phi) is 4.20. The first-order chi connectivity index (χ1) is 8.84. The molecule has 1 aliphatic rings. The van der Waals surface area contributed by atoms with E-state index < -0.39 is 9.84 Å². The lowest BCUT2D eigenvalue weighted by molar-refractivity contribution is 0.602. The molecule has 1 heterocycles. The molecule has 0 saturated heterocycles. The third kappa shape index (κ3) is 3.98. The number of hydrogen-bond donors (Lipinski definition) is 1. The molecular weight excluding hydrogens is 280 g/mol. The fourth-order valence-corrected chi connectivity index (χ4v) is 3.78. The molecule has 1 aliphatic heterocycles. The maximum atomic E-state index is 11.4. The third-order valence-corrected chi connectivity index (χ3v) is 5.01. The predicted molar refractivity (Wildman–Crippen MR) is 81.7 cm³/mol. The Labute approximate surface area is 118 Å². The number of benzene rings is 1. The number of amidine groups is 1. The summed E-state index contributed by atoms with van der Waals surface area (Å²) in [4.78, 5) is 4.88. The Morgan fingerprint density at radius 3 is 2.42 bits per heavy atom. The highest BCUT2D eigenvalue weighted by atomic mass is 32.2. The van der Waals surface area contributed by atoms with Gasteiger partial charge in [0.2, 0.25) is 0 Å². The number of hydrogen-bond acceptors (Lipinski definition) is 5. The molecule has 1 aromatic rings. The van der Waals surface area contributed by atoms with E-state index in [9.17, 15) is 8.42 Å². The lowest BCUT2D eigenvalue weighted by atomic mass is 10.2. The summed E-state index contributed by atoms with van der Waals surface area (Å²) in [6.07, 6.45) is 2.29. The molecule has 1 aromatic carbocycles. The second-order valence-electron chi connectivity index (χ2n) is 4.87. The smallest absolute Gasteiger partial charge is 0.175 e. The van der Waals surface area contributed by atoms with Crippen LogP contribution in [-0.4, -0.2) is 31.1 Å². The van der Waals surface area contributed by atoms with Crippen LogP contribution in [-0.2, 0) is 9.84 Å². The average molecular weight is 298 g/mol. The summed E-state index contributed by atoms with van der Waals surface area (Å²) >= 11 is 1.72. The van der Waals surface area contributed by atoms with E-state index in [1.165, 1.54) is 6.26 Å². The van der Waals surface area contributed by atoms with Crippen LogP contribution >= 0.6 is 11.8 Å². The minimum atomic E-state index is -3.13. The predicted octanol–water partition coefficient (Wildman–Crippen LogP) is 2.77. The van der Waals surface area contributed by atoms with Gasteiger partial charge in [0, 0.05) is 17.2 Å². The molecule has 1 N–H and O–H groups in total. The summed E-state index contributed by atoms with van der Waals surface area (Å²) in [5.41, 5.74) is 0.861. The number of aliphatic imine (C=N–C) groups is 1. The van der Waals surface area contributed by atoms with E-state index in [4.69, 9.17) is 0 Å². The van der Waals surface area contributed by atoms with Crippen molar-refractivity contribution in [2.75, 3.05) is 11.6 Å². The first-order valence-electron chi connectivity index (χ1n) is 6.16.